The number of aromatic nitrogens is 2. The minimum absolute atomic E-state index is 0. The Bertz CT molecular complexity index is 1210. The van der Waals surface area contributed by atoms with E-state index in [0.29, 0.717) is 21.5 Å². The second-order valence-corrected chi connectivity index (χ2v) is 9.15. The third-order valence-corrected chi connectivity index (χ3v) is 6.92. The molecule has 0 bridgehead atoms. The molecule has 0 saturated heterocycles. The first-order valence-electron chi connectivity index (χ1n) is 8.14. The Morgan fingerprint density at radius 2 is 1.77 bits per heavy atom. The van der Waals surface area contributed by atoms with E-state index in [2.05, 4.69) is 15.5 Å². The van der Waals surface area contributed by atoms with Gasteiger partial charge in [0.1, 0.15) is 9.71 Å². The molecule has 0 fully saturated rings. The lowest BCUT2D eigenvalue weighted by molar-refractivity contribution is -0.0436. The van der Waals surface area contributed by atoms with E-state index in [9.17, 15) is 26.4 Å². The normalized spacial score (nSPS) is 11.9. The molecule has 0 spiro atoms. The molecular weight excluding hydrogens is 465 g/mol. The van der Waals surface area contributed by atoms with Gasteiger partial charge in [0.05, 0.1) is 16.3 Å². The van der Waals surface area contributed by atoms with Crippen LogP contribution >= 0.6 is 23.7 Å². The summed E-state index contributed by atoms with van der Waals surface area (Å²) in [5.41, 5.74) is 2.95. The quantitative estimate of drug-likeness (QED) is 0.590. The van der Waals surface area contributed by atoms with Crippen LogP contribution in [0.15, 0.2) is 29.2 Å². The van der Waals surface area contributed by atoms with Crippen molar-refractivity contribution in [1.29, 1.82) is 0 Å². The molecule has 3 aromatic rings. The van der Waals surface area contributed by atoms with Gasteiger partial charge in [-0.1, -0.05) is 12.1 Å². The number of benzene rings is 1. The van der Waals surface area contributed by atoms with Crippen molar-refractivity contribution in [2.75, 3.05) is 5.73 Å². The standard InChI is InChI=1S/C17H15F3N4O3S2.ClH/c1-8-9(2)23-24-16-12(8)13(21)14(28-16)15(25)22-7-10-3-5-11(6-4-10)29(26,27)17(18,19)20;/h3-6H,7,21H2,1-2H3,(H,22,25);1H. The van der Waals surface area contributed by atoms with Crippen LogP contribution in [0.1, 0.15) is 26.5 Å². The third kappa shape index (κ3) is 4.20. The fourth-order valence-corrected chi connectivity index (χ4v) is 4.37. The van der Waals surface area contributed by atoms with Gasteiger partial charge in [-0.15, -0.1) is 28.8 Å². The molecule has 0 aliphatic rings. The van der Waals surface area contributed by atoms with Crippen LogP contribution in [0.2, 0.25) is 0 Å². The number of fused-ring (bicyclic) bond motifs is 1. The lowest BCUT2D eigenvalue weighted by Crippen LogP contribution is -2.24. The highest BCUT2D eigenvalue weighted by Crippen LogP contribution is 2.35. The summed E-state index contributed by atoms with van der Waals surface area (Å²) in [5.74, 6) is -0.477. The molecule has 2 heterocycles. The molecule has 1 amide bonds. The van der Waals surface area contributed by atoms with E-state index in [1.165, 1.54) is 12.1 Å². The Labute approximate surface area is 179 Å². The predicted octanol–water partition coefficient (Wildman–Crippen LogP) is 3.54. The number of nitrogens with zero attached hydrogens (tertiary/aromatic N) is 2. The smallest absolute Gasteiger partial charge is 0.397 e. The van der Waals surface area contributed by atoms with Crippen LogP contribution in [0.3, 0.4) is 0 Å². The number of hydrogen-bond donors (Lipinski definition) is 2. The molecule has 0 atom stereocenters. The summed E-state index contributed by atoms with van der Waals surface area (Å²) < 4.78 is 60.5. The highest BCUT2D eigenvalue weighted by molar-refractivity contribution is 7.92. The van der Waals surface area contributed by atoms with Crippen LogP contribution in [0, 0.1) is 13.8 Å². The fourth-order valence-electron chi connectivity index (χ4n) is 2.59. The topological polar surface area (TPSA) is 115 Å². The number of nitrogens with one attached hydrogen (secondary N) is 1. The molecule has 0 aliphatic heterocycles. The summed E-state index contributed by atoms with van der Waals surface area (Å²) in [7, 11) is -5.41. The number of anilines is 1. The number of nitrogen functional groups attached to an aromatic ring is 1. The second-order valence-electron chi connectivity index (χ2n) is 6.21. The monoisotopic (exact) mass is 480 g/mol. The van der Waals surface area contributed by atoms with Crippen molar-refractivity contribution in [3.8, 4) is 0 Å². The first-order chi connectivity index (χ1) is 13.4. The van der Waals surface area contributed by atoms with Gasteiger partial charge in [0, 0.05) is 11.9 Å². The van der Waals surface area contributed by atoms with Gasteiger partial charge < -0.3 is 11.1 Å². The number of carbonyl (C=O) groups is 1. The van der Waals surface area contributed by atoms with Crippen molar-refractivity contribution in [2.24, 2.45) is 0 Å². The first-order valence-corrected chi connectivity index (χ1v) is 10.4. The molecule has 162 valence electrons. The molecule has 3 N–H and O–H groups in total. The van der Waals surface area contributed by atoms with Crippen LogP contribution in [0.5, 0.6) is 0 Å². The number of alkyl halides is 3. The van der Waals surface area contributed by atoms with Gasteiger partial charge in [0.25, 0.3) is 15.7 Å². The third-order valence-electron chi connectivity index (χ3n) is 4.33. The number of rotatable bonds is 4. The van der Waals surface area contributed by atoms with Crippen molar-refractivity contribution >= 4 is 55.4 Å². The maximum absolute atomic E-state index is 12.6. The maximum Gasteiger partial charge on any atom is 0.501 e. The molecule has 0 radical (unpaired) electrons. The van der Waals surface area contributed by atoms with Gasteiger partial charge in [-0.25, -0.2) is 8.42 Å². The van der Waals surface area contributed by atoms with E-state index < -0.39 is 26.1 Å². The Hall–Kier alpha value is -2.44. The van der Waals surface area contributed by atoms with Crippen molar-refractivity contribution in [2.45, 2.75) is 30.8 Å². The highest BCUT2D eigenvalue weighted by Gasteiger charge is 2.46. The number of thiophene rings is 1. The molecule has 2 aromatic heterocycles. The SMILES string of the molecule is Cc1nnc2sc(C(=O)NCc3ccc(S(=O)(=O)C(F)(F)F)cc3)c(N)c2c1C.Cl. The van der Waals surface area contributed by atoms with E-state index in [4.69, 9.17) is 5.73 Å². The molecule has 3 rings (SSSR count). The zero-order chi connectivity index (χ0) is 21.6. The summed E-state index contributed by atoms with van der Waals surface area (Å²) >= 11 is 1.08. The summed E-state index contributed by atoms with van der Waals surface area (Å²) in [6, 6.07) is 4.10. The number of carbonyl (C=O) groups excluding carboxylic acids is 1. The number of nitrogens with two attached hydrogens (primary N) is 1. The van der Waals surface area contributed by atoms with E-state index in [1.54, 1.807) is 6.92 Å². The number of halogens is 4. The van der Waals surface area contributed by atoms with Crippen LogP contribution in [0.25, 0.3) is 10.2 Å². The molecule has 30 heavy (non-hydrogen) atoms. The van der Waals surface area contributed by atoms with Crippen LogP contribution in [-0.4, -0.2) is 30.0 Å². The van der Waals surface area contributed by atoms with E-state index in [0.717, 1.165) is 29.0 Å². The minimum atomic E-state index is -5.41. The van der Waals surface area contributed by atoms with Gasteiger partial charge in [0.2, 0.25) is 0 Å². The number of amides is 1. The zero-order valence-corrected chi connectivity index (χ0v) is 18.0. The van der Waals surface area contributed by atoms with Crippen molar-refractivity contribution in [3.05, 3.63) is 46.0 Å². The zero-order valence-electron chi connectivity index (χ0n) is 15.6. The summed E-state index contributed by atoms with van der Waals surface area (Å²) in [6.07, 6.45) is 0. The number of hydrogen-bond acceptors (Lipinski definition) is 7. The maximum atomic E-state index is 12.6. The molecule has 0 saturated carbocycles. The van der Waals surface area contributed by atoms with Crippen LogP contribution < -0.4 is 11.1 Å². The van der Waals surface area contributed by atoms with Crippen LogP contribution in [0.4, 0.5) is 18.9 Å². The minimum Gasteiger partial charge on any atom is -0.397 e. The Kier molecular flexibility index (Phi) is 6.64. The number of aryl methyl sites for hydroxylation is 2. The molecule has 0 aliphatic carbocycles. The Morgan fingerprint density at radius 3 is 2.33 bits per heavy atom. The molecule has 13 heteroatoms. The highest BCUT2D eigenvalue weighted by atomic mass is 35.5. The summed E-state index contributed by atoms with van der Waals surface area (Å²) in [4.78, 5) is 12.4. The molecule has 0 unspecified atom stereocenters. The van der Waals surface area contributed by atoms with Crippen molar-refractivity contribution < 1.29 is 26.4 Å². The molecule has 1 aromatic carbocycles. The largest absolute Gasteiger partial charge is 0.501 e. The molecule has 7 nitrogen and oxygen atoms in total. The lowest BCUT2D eigenvalue weighted by atomic mass is 10.1. The van der Waals surface area contributed by atoms with Crippen LogP contribution in [-0.2, 0) is 16.4 Å². The second kappa shape index (κ2) is 8.36. The number of sulfone groups is 1. The van der Waals surface area contributed by atoms with E-state index >= 15 is 0 Å². The van der Waals surface area contributed by atoms with Gasteiger partial charge in [-0.2, -0.15) is 18.3 Å². The Morgan fingerprint density at radius 1 is 1.17 bits per heavy atom. The fraction of sp³-hybridized carbons (Fsp3) is 0.235. The average molecular weight is 481 g/mol. The van der Waals surface area contributed by atoms with Crippen molar-refractivity contribution in [1.82, 2.24) is 15.5 Å². The van der Waals surface area contributed by atoms with E-state index in [-0.39, 0.29) is 29.5 Å². The van der Waals surface area contributed by atoms with Gasteiger partial charge in [-0.05, 0) is 37.1 Å². The summed E-state index contributed by atoms with van der Waals surface area (Å²) in [6.45, 7) is 3.58. The van der Waals surface area contributed by atoms with Gasteiger partial charge in [0.15, 0.2) is 0 Å². The molecular formula is C17H16ClF3N4O3S2. The van der Waals surface area contributed by atoms with E-state index in [1.807, 2.05) is 6.92 Å². The Balaban J connectivity index is 0.00000320. The summed E-state index contributed by atoms with van der Waals surface area (Å²) in [5, 5.41) is 11.3. The van der Waals surface area contributed by atoms with Gasteiger partial charge >= 0.3 is 5.51 Å². The average Bonchev–Trinajstić information content (AvgIpc) is 2.99. The first kappa shape index (κ1) is 23.8. The lowest BCUT2D eigenvalue weighted by Gasteiger charge is -2.09. The predicted molar refractivity (Wildman–Crippen MR) is 109 cm³/mol. The van der Waals surface area contributed by atoms with Gasteiger partial charge in [-0.3, -0.25) is 4.79 Å². The van der Waals surface area contributed by atoms with Crippen molar-refractivity contribution in [3.63, 3.8) is 0 Å².